The van der Waals surface area contributed by atoms with Gasteiger partial charge < -0.3 is 4.90 Å². The standard InChI is InChI=1S/C23H24FN9/c1-14-7-18-20(12-30(14)11-16-5-6-26-28-16)29-32-15(2)10-31(13-22(18)32)21-4-3-17(8-25)33-23(21)19(24)9-27-33/h3-6,9,14-15H,7,10-13H2,1-2H3,(H,26,28)/t14-,15+/m0/s1. The van der Waals surface area contributed by atoms with Crippen LogP contribution in [0.4, 0.5) is 10.1 Å². The second kappa shape index (κ2) is 7.42. The maximum absolute atomic E-state index is 14.7. The van der Waals surface area contributed by atoms with Crippen molar-refractivity contribution in [2.24, 2.45) is 0 Å². The molecule has 4 aromatic heterocycles. The summed E-state index contributed by atoms with van der Waals surface area (Å²) in [7, 11) is 0. The van der Waals surface area contributed by atoms with Gasteiger partial charge in [0, 0.05) is 43.1 Å². The Hall–Kier alpha value is -3.71. The number of hydrogen-bond donors (Lipinski definition) is 1. The number of pyridine rings is 1. The Bertz CT molecular complexity index is 1380. The molecular weight excluding hydrogens is 421 g/mol. The van der Waals surface area contributed by atoms with Crippen molar-refractivity contribution in [3.8, 4) is 6.07 Å². The zero-order valence-electron chi connectivity index (χ0n) is 18.5. The van der Waals surface area contributed by atoms with Gasteiger partial charge >= 0.3 is 0 Å². The van der Waals surface area contributed by atoms with Crippen molar-refractivity contribution >= 4 is 11.2 Å². The maximum Gasteiger partial charge on any atom is 0.171 e. The fourth-order valence-electron chi connectivity index (χ4n) is 5.24. The summed E-state index contributed by atoms with van der Waals surface area (Å²) in [6, 6.07) is 8.14. The van der Waals surface area contributed by atoms with Crippen LogP contribution >= 0.6 is 0 Å². The van der Waals surface area contributed by atoms with Crippen LogP contribution in [0.1, 0.15) is 48.2 Å². The number of nitriles is 1. The first-order valence-corrected chi connectivity index (χ1v) is 11.2. The molecule has 0 unspecified atom stereocenters. The number of fused-ring (bicyclic) bond motifs is 4. The van der Waals surface area contributed by atoms with E-state index in [1.807, 2.05) is 12.1 Å². The molecule has 9 nitrogen and oxygen atoms in total. The molecule has 6 heterocycles. The molecule has 168 valence electrons. The molecule has 0 fully saturated rings. The van der Waals surface area contributed by atoms with Crippen LogP contribution in [0.25, 0.3) is 5.52 Å². The molecule has 0 aromatic carbocycles. The van der Waals surface area contributed by atoms with Crippen LogP contribution in [0.5, 0.6) is 0 Å². The average molecular weight is 446 g/mol. The van der Waals surface area contributed by atoms with Crippen LogP contribution in [0.2, 0.25) is 0 Å². The molecule has 0 amide bonds. The summed E-state index contributed by atoms with van der Waals surface area (Å²) >= 11 is 0. The number of hydrogen-bond acceptors (Lipinski definition) is 6. The number of nitrogens with one attached hydrogen (secondary N) is 1. The molecule has 0 aliphatic carbocycles. The molecule has 2 atom stereocenters. The number of rotatable bonds is 3. The summed E-state index contributed by atoms with van der Waals surface area (Å²) in [5, 5.41) is 25.6. The molecule has 1 N–H and O–H groups in total. The second-order valence-corrected chi connectivity index (χ2v) is 9.05. The maximum atomic E-state index is 14.7. The van der Waals surface area contributed by atoms with E-state index in [1.165, 1.54) is 22.0 Å². The fraction of sp³-hybridized carbons (Fsp3) is 0.391. The van der Waals surface area contributed by atoms with Crippen LogP contribution in [0.3, 0.4) is 0 Å². The van der Waals surface area contributed by atoms with E-state index in [2.05, 4.69) is 49.7 Å². The van der Waals surface area contributed by atoms with Crippen molar-refractivity contribution in [3.63, 3.8) is 0 Å². The average Bonchev–Trinajstić information content (AvgIpc) is 3.54. The molecular formula is C23H24FN9. The van der Waals surface area contributed by atoms with Gasteiger partial charge in [0.1, 0.15) is 17.3 Å². The van der Waals surface area contributed by atoms with E-state index >= 15 is 0 Å². The molecule has 0 bridgehead atoms. The molecule has 0 spiro atoms. The summed E-state index contributed by atoms with van der Waals surface area (Å²) in [6.45, 7) is 7.35. The number of H-pyrrole nitrogens is 1. The fourth-order valence-corrected chi connectivity index (χ4v) is 5.24. The van der Waals surface area contributed by atoms with E-state index in [0.29, 0.717) is 30.3 Å². The van der Waals surface area contributed by atoms with Gasteiger partial charge in [-0.2, -0.15) is 20.6 Å². The van der Waals surface area contributed by atoms with Crippen LogP contribution in [-0.4, -0.2) is 47.1 Å². The lowest BCUT2D eigenvalue weighted by atomic mass is 9.96. The van der Waals surface area contributed by atoms with Crippen LogP contribution in [-0.2, 0) is 26.1 Å². The van der Waals surface area contributed by atoms with Gasteiger partial charge in [-0.3, -0.25) is 14.7 Å². The van der Waals surface area contributed by atoms with E-state index in [0.717, 1.165) is 36.6 Å². The Labute approximate surface area is 190 Å². The van der Waals surface area contributed by atoms with E-state index in [-0.39, 0.29) is 6.04 Å². The quantitative estimate of drug-likeness (QED) is 0.521. The Morgan fingerprint density at radius 2 is 2.09 bits per heavy atom. The van der Waals surface area contributed by atoms with Gasteiger partial charge in [0.2, 0.25) is 0 Å². The van der Waals surface area contributed by atoms with Gasteiger partial charge in [0.15, 0.2) is 5.82 Å². The first-order chi connectivity index (χ1) is 16.0. The molecule has 6 rings (SSSR count). The Morgan fingerprint density at radius 1 is 1.21 bits per heavy atom. The number of anilines is 1. The highest BCUT2D eigenvalue weighted by Crippen LogP contribution is 2.35. The first-order valence-electron chi connectivity index (χ1n) is 11.2. The third-order valence-corrected chi connectivity index (χ3v) is 6.90. The number of aromatic nitrogens is 6. The monoisotopic (exact) mass is 445 g/mol. The number of halogens is 1. The second-order valence-electron chi connectivity index (χ2n) is 9.05. The third kappa shape index (κ3) is 3.11. The van der Waals surface area contributed by atoms with Gasteiger partial charge in [-0.1, -0.05) is 0 Å². The Balaban J connectivity index is 1.35. The minimum atomic E-state index is -0.418. The lowest BCUT2D eigenvalue weighted by Gasteiger charge is -2.36. The lowest BCUT2D eigenvalue weighted by Crippen LogP contribution is -2.39. The van der Waals surface area contributed by atoms with E-state index < -0.39 is 5.82 Å². The minimum absolute atomic E-state index is 0.136. The number of nitrogens with zero attached hydrogens (tertiary/aromatic N) is 8. The Kier molecular flexibility index (Phi) is 4.48. The Morgan fingerprint density at radius 3 is 2.88 bits per heavy atom. The van der Waals surface area contributed by atoms with Crippen molar-refractivity contribution in [3.05, 3.63) is 64.7 Å². The van der Waals surface area contributed by atoms with Gasteiger partial charge in [-0.25, -0.2) is 8.91 Å². The van der Waals surface area contributed by atoms with Crippen molar-refractivity contribution in [2.75, 3.05) is 11.4 Å². The molecule has 10 heteroatoms. The first kappa shape index (κ1) is 19.9. The molecule has 0 saturated carbocycles. The predicted octanol–water partition coefficient (Wildman–Crippen LogP) is 2.79. The third-order valence-electron chi connectivity index (χ3n) is 6.90. The van der Waals surface area contributed by atoms with Crippen molar-refractivity contribution < 1.29 is 4.39 Å². The van der Waals surface area contributed by atoms with Gasteiger partial charge in [-0.15, -0.1) is 0 Å². The van der Waals surface area contributed by atoms with Crippen LogP contribution in [0, 0.1) is 17.1 Å². The van der Waals surface area contributed by atoms with E-state index in [9.17, 15) is 9.65 Å². The minimum Gasteiger partial charge on any atom is -0.362 e. The van der Waals surface area contributed by atoms with Gasteiger partial charge in [-0.05, 0) is 38.5 Å². The summed E-state index contributed by atoms with van der Waals surface area (Å²) in [5.74, 6) is -0.418. The molecule has 0 saturated heterocycles. The zero-order chi connectivity index (χ0) is 22.7. The molecule has 2 aliphatic heterocycles. The topological polar surface area (TPSA) is 94.1 Å². The number of aromatic amines is 1. The van der Waals surface area contributed by atoms with E-state index in [4.69, 9.17) is 5.10 Å². The molecule has 33 heavy (non-hydrogen) atoms. The zero-order valence-corrected chi connectivity index (χ0v) is 18.5. The van der Waals surface area contributed by atoms with Crippen LogP contribution < -0.4 is 4.90 Å². The normalized spacial score (nSPS) is 20.6. The molecule has 4 aromatic rings. The lowest BCUT2D eigenvalue weighted by molar-refractivity contribution is 0.170. The summed E-state index contributed by atoms with van der Waals surface area (Å²) in [4.78, 5) is 4.61. The molecule has 2 aliphatic rings. The predicted molar refractivity (Wildman–Crippen MR) is 119 cm³/mol. The summed E-state index contributed by atoms with van der Waals surface area (Å²) < 4.78 is 18.2. The smallest absolute Gasteiger partial charge is 0.171 e. The molecule has 0 radical (unpaired) electrons. The van der Waals surface area contributed by atoms with Gasteiger partial charge in [0.05, 0.1) is 35.9 Å². The largest absolute Gasteiger partial charge is 0.362 e. The van der Waals surface area contributed by atoms with Crippen molar-refractivity contribution in [1.29, 1.82) is 5.26 Å². The van der Waals surface area contributed by atoms with Gasteiger partial charge in [0.25, 0.3) is 0 Å². The highest BCUT2D eigenvalue weighted by Gasteiger charge is 2.34. The highest BCUT2D eigenvalue weighted by atomic mass is 19.1. The highest BCUT2D eigenvalue weighted by molar-refractivity contribution is 5.75. The van der Waals surface area contributed by atoms with E-state index in [1.54, 1.807) is 12.3 Å². The summed E-state index contributed by atoms with van der Waals surface area (Å²) in [5.41, 5.74) is 6.14. The summed E-state index contributed by atoms with van der Waals surface area (Å²) in [6.07, 6.45) is 3.88. The van der Waals surface area contributed by atoms with Crippen molar-refractivity contribution in [2.45, 2.75) is 52.0 Å². The van der Waals surface area contributed by atoms with Crippen LogP contribution in [0.15, 0.2) is 30.6 Å². The van der Waals surface area contributed by atoms with Crippen molar-refractivity contribution in [1.82, 2.24) is 34.5 Å². The SMILES string of the molecule is C[C@@H]1CN(c2ccc(C#N)n3ncc(F)c23)Cc2c3c(nn21)CN(Cc1ccn[nH]1)[C@@H](C)C3.